The van der Waals surface area contributed by atoms with Crippen LogP contribution in [0, 0.1) is 5.92 Å². The van der Waals surface area contributed by atoms with E-state index in [1.54, 1.807) is 0 Å². The first-order valence-corrected chi connectivity index (χ1v) is 9.32. The topological polar surface area (TPSA) is 6.48 Å². The Bertz CT molecular complexity index is 528. The van der Waals surface area contributed by atoms with Gasteiger partial charge in [0.05, 0.1) is 0 Å². The molecule has 0 radical (unpaired) electrons. The molecule has 1 heterocycles. The highest BCUT2D eigenvalue weighted by atomic mass is 15.2. The average Bonchev–Trinajstić information content (AvgIpc) is 2.81. The first kappa shape index (κ1) is 17.2. The number of nitrogens with zero attached hydrogens (tertiary/aromatic N) is 2. The maximum absolute atomic E-state index is 2.65. The number of hydrogen-bond donors (Lipinski definition) is 0. The van der Waals surface area contributed by atoms with Gasteiger partial charge in [-0.3, -0.25) is 0 Å². The molecule has 0 aliphatic carbocycles. The number of hydrogen-bond acceptors (Lipinski definition) is 2. The number of benzene rings is 2. The van der Waals surface area contributed by atoms with E-state index in [2.05, 4.69) is 77.4 Å². The zero-order valence-electron chi connectivity index (χ0n) is 14.9. The van der Waals surface area contributed by atoms with Gasteiger partial charge in [0, 0.05) is 39.3 Å². The van der Waals surface area contributed by atoms with Crippen molar-refractivity contribution in [3.63, 3.8) is 0 Å². The van der Waals surface area contributed by atoms with E-state index >= 15 is 0 Å². The zero-order chi connectivity index (χ0) is 16.6. The maximum atomic E-state index is 2.65. The minimum Gasteiger partial charge on any atom is -0.301 e. The second-order valence-electron chi connectivity index (χ2n) is 7.18. The third-order valence-electron chi connectivity index (χ3n) is 4.99. The Hall–Kier alpha value is -1.64. The van der Waals surface area contributed by atoms with Gasteiger partial charge >= 0.3 is 0 Å². The summed E-state index contributed by atoms with van der Waals surface area (Å²) in [6.07, 6.45) is 2.33. The van der Waals surface area contributed by atoms with Crippen LogP contribution in [-0.2, 0) is 12.8 Å². The lowest BCUT2D eigenvalue weighted by Crippen LogP contribution is -2.33. The van der Waals surface area contributed by atoms with Crippen LogP contribution >= 0.6 is 0 Å². The largest absolute Gasteiger partial charge is 0.301 e. The molecule has 2 aromatic rings. The van der Waals surface area contributed by atoms with Crippen LogP contribution in [0.4, 0.5) is 0 Å². The molecule has 24 heavy (non-hydrogen) atoms. The molecule has 0 N–H and O–H groups in total. The van der Waals surface area contributed by atoms with Gasteiger partial charge in [0.2, 0.25) is 0 Å². The van der Waals surface area contributed by atoms with Gasteiger partial charge in [0.1, 0.15) is 0 Å². The Labute approximate surface area is 147 Å². The minimum atomic E-state index is 0.749. The molecule has 2 heteroatoms. The van der Waals surface area contributed by atoms with Gasteiger partial charge in [0.25, 0.3) is 0 Å². The molecule has 1 saturated heterocycles. The monoisotopic (exact) mass is 322 g/mol. The zero-order valence-corrected chi connectivity index (χ0v) is 14.9. The van der Waals surface area contributed by atoms with E-state index in [0.29, 0.717) is 0 Å². The van der Waals surface area contributed by atoms with Crippen LogP contribution in [0.15, 0.2) is 60.7 Å². The van der Waals surface area contributed by atoms with E-state index in [4.69, 9.17) is 0 Å². The molecule has 128 valence electrons. The Balaban J connectivity index is 1.46. The van der Waals surface area contributed by atoms with Gasteiger partial charge in [-0.05, 0) is 29.9 Å². The third kappa shape index (κ3) is 5.47. The third-order valence-corrected chi connectivity index (χ3v) is 4.99. The normalized spacial score (nSPS) is 17.7. The van der Waals surface area contributed by atoms with Crippen molar-refractivity contribution in [2.24, 2.45) is 5.92 Å². The van der Waals surface area contributed by atoms with Crippen LogP contribution in [0.5, 0.6) is 0 Å². The second-order valence-corrected chi connectivity index (χ2v) is 7.18. The highest BCUT2D eigenvalue weighted by Gasteiger charge is 2.19. The minimum absolute atomic E-state index is 0.749. The summed E-state index contributed by atoms with van der Waals surface area (Å²) in [4.78, 5) is 5.31. The van der Waals surface area contributed by atoms with Crippen molar-refractivity contribution in [1.29, 1.82) is 0 Å². The SMILES string of the molecule is CC1CN(CCc2ccccc2)CCN(CCc2ccccc2)C1. The van der Waals surface area contributed by atoms with Crippen molar-refractivity contribution in [3.05, 3.63) is 71.8 Å². The van der Waals surface area contributed by atoms with Gasteiger partial charge < -0.3 is 9.80 Å². The summed E-state index contributed by atoms with van der Waals surface area (Å²) in [6, 6.07) is 21.8. The molecule has 2 aromatic carbocycles. The first-order valence-electron chi connectivity index (χ1n) is 9.32. The van der Waals surface area contributed by atoms with Crippen LogP contribution in [0.3, 0.4) is 0 Å². The molecular weight excluding hydrogens is 292 g/mol. The van der Waals surface area contributed by atoms with Gasteiger partial charge in [-0.15, -0.1) is 0 Å². The molecule has 0 saturated carbocycles. The van der Waals surface area contributed by atoms with Gasteiger partial charge in [0.15, 0.2) is 0 Å². The Morgan fingerprint density at radius 1 is 0.708 bits per heavy atom. The lowest BCUT2D eigenvalue weighted by Gasteiger charge is -2.21. The first-order chi connectivity index (χ1) is 11.8. The van der Waals surface area contributed by atoms with Crippen molar-refractivity contribution in [2.45, 2.75) is 19.8 Å². The van der Waals surface area contributed by atoms with Crippen LogP contribution in [0.2, 0.25) is 0 Å². The quantitative estimate of drug-likeness (QED) is 0.800. The molecule has 0 bridgehead atoms. The standard InChI is InChI=1S/C22H30N2/c1-20-18-23(14-12-21-8-4-2-5-9-21)16-17-24(19-20)15-13-22-10-6-3-7-11-22/h2-11,20H,12-19H2,1H3. The molecule has 3 rings (SSSR count). The second kappa shape index (κ2) is 9.00. The smallest absolute Gasteiger partial charge is 0.0110 e. The van der Waals surface area contributed by atoms with Gasteiger partial charge in [-0.2, -0.15) is 0 Å². The van der Waals surface area contributed by atoms with Crippen molar-refractivity contribution in [3.8, 4) is 0 Å². The summed E-state index contributed by atoms with van der Waals surface area (Å²) in [5, 5.41) is 0. The van der Waals surface area contributed by atoms with Crippen LogP contribution in [0.25, 0.3) is 0 Å². The Morgan fingerprint density at radius 2 is 1.12 bits per heavy atom. The van der Waals surface area contributed by atoms with E-state index in [0.717, 1.165) is 18.8 Å². The summed E-state index contributed by atoms with van der Waals surface area (Å²) in [5.41, 5.74) is 2.91. The molecule has 1 aliphatic heterocycles. The van der Waals surface area contributed by atoms with E-state index in [1.807, 2.05) is 0 Å². The van der Waals surface area contributed by atoms with Crippen molar-refractivity contribution in [2.75, 3.05) is 39.3 Å². The molecule has 0 unspecified atom stereocenters. The van der Waals surface area contributed by atoms with Crippen molar-refractivity contribution in [1.82, 2.24) is 9.80 Å². The fraction of sp³-hybridized carbons (Fsp3) is 0.455. The van der Waals surface area contributed by atoms with E-state index in [1.165, 1.54) is 50.4 Å². The van der Waals surface area contributed by atoms with Gasteiger partial charge in [-0.25, -0.2) is 0 Å². The fourth-order valence-electron chi connectivity index (χ4n) is 3.67. The molecule has 0 amide bonds. The predicted molar refractivity (Wildman–Crippen MR) is 102 cm³/mol. The molecule has 1 aliphatic rings. The summed E-state index contributed by atoms with van der Waals surface area (Å²) in [7, 11) is 0. The maximum Gasteiger partial charge on any atom is 0.0110 e. The van der Waals surface area contributed by atoms with Gasteiger partial charge in [-0.1, -0.05) is 67.6 Å². The number of rotatable bonds is 6. The highest BCUT2D eigenvalue weighted by molar-refractivity contribution is 5.15. The van der Waals surface area contributed by atoms with E-state index < -0.39 is 0 Å². The summed E-state index contributed by atoms with van der Waals surface area (Å²) in [6.45, 7) is 9.62. The summed E-state index contributed by atoms with van der Waals surface area (Å²) < 4.78 is 0. The average molecular weight is 322 g/mol. The molecule has 0 aromatic heterocycles. The van der Waals surface area contributed by atoms with Crippen LogP contribution < -0.4 is 0 Å². The van der Waals surface area contributed by atoms with Crippen molar-refractivity contribution >= 4 is 0 Å². The Morgan fingerprint density at radius 3 is 1.54 bits per heavy atom. The molecule has 2 nitrogen and oxygen atoms in total. The predicted octanol–water partition coefficient (Wildman–Crippen LogP) is 3.73. The molecule has 0 spiro atoms. The molecular formula is C22H30N2. The van der Waals surface area contributed by atoms with Crippen LogP contribution in [0.1, 0.15) is 18.1 Å². The summed E-state index contributed by atoms with van der Waals surface area (Å²) >= 11 is 0. The lowest BCUT2D eigenvalue weighted by molar-refractivity contribution is 0.260. The highest BCUT2D eigenvalue weighted by Crippen LogP contribution is 2.11. The van der Waals surface area contributed by atoms with Crippen LogP contribution in [-0.4, -0.2) is 49.1 Å². The molecule has 0 atom stereocenters. The van der Waals surface area contributed by atoms with E-state index in [9.17, 15) is 0 Å². The van der Waals surface area contributed by atoms with E-state index in [-0.39, 0.29) is 0 Å². The Kier molecular flexibility index (Phi) is 6.45. The fourth-order valence-corrected chi connectivity index (χ4v) is 3.67. The summed E-state index contributed by atoms with van der Waals surface area (Å²) in [5.74, 6) is 0.749. The van der Waals surface area contributed by atoms with Crippen molar-refractivity contribution < 1.29 is 0 Å². The molecule has 1 fully saturated rings. The lowest BCUT2D eigenvalue weighted by atomic mass is 10.1.